The van der Waals surface area contributed by atoms with Gasteiger partial charge in [0.2, 0.25) is 0 Å². The third kappa shape index (κ3) is 5.88. The molecule has 0 aliphatic carbocycles. The van der Waals surface area contributed by atoms with Gasteiger partial charge in [-0.3, -0.25) is 4.79 Å². The fourth-order valence-corrected chi connectivity index (χ4v) is 1.90. The first-order valence-electron chi connectivity index (χ1n) is 6.97. The van der Waals surface area contributed by atoms with Gasteiger partial charge in [0, 0.05) is 12.6 Å². The molecule has 3 nitrogen and oxygen atoms in total. The van der Waals surface area contributed by atoms with E-state index in [0.29, 0.717) is 18.9 Å². The SMILES string of the molecule is CCOC(=O)CC(NCc1ccc(C)cc1)C(C)C. The van der Waals surface area contributed by atoms with Gasteiger partial charge in [-0.25, -0.2) is 0 Å². The molecule has 0 bridgehead atoms. The average molecular weight is 263 g/mol. The van der Waals surface area contributed by atoms with Crippen LogP contribution in [-0.2, 0) is 16.1 Å². The Hall–Kier alpha value is -1.35. The van der Waals surface area contributed by atoms with Crippen LogP contribution < -0.4 is 5.32 Å². The van der Waals surface area contributed by atoms with Crippen LogP contribution in [0, 0.1) is 12.8 Å². The van der Waals surface area contributed by atoms with Crippen LogP contribution in [0.5, 0.6) is 0 Å². The van der Waals surface area contributed by atoms with Crippen LogP contribution in [0.2, 0.25) is 0 Å². The maximum atomic E-state index is 11.6. The number of nitrogens with one attached hydrogen (secondary N) is 1. The molecule has 0 spiro atoms. The number of rotatable bonds is 7. The van der Waals surface area contributed by atoms with Gasteiger partial charge in [0.05, 0.1) is 13.0 Å². The molecule has 1 rings (SSSR count). The van der Waals surface area contributed by atoms with E-state index in [2.05, 4.69) is 50.4 Å². The third-order valence-electron chi connectivity index (χ3n) is 3.19. The maximum absolute atomic E-state index is 11.6. The molecule has 1 atom stereocenters. The number of hydrogen-bond donors (Lipinski definition) is 1. The highest BCUT2D eigenvalue weighted by Gasteiger charge is 2.17. The largest absolute Gasteiger partial charge is 0.466 e. The molecule has 1 aromatic carbocycles. The minimum absolute atomic E-state index is 0.127. The molecule has 1 N–H and O–H groups in total. The maximum Gasteiger partial charge on any atom is 0.307 e. The van der Waals surface area contributed by atoms with Crippen LogP contribution in [0.4, 0.5) is 0 Å². The minimum Gasteiger partial charge on any atom is -0.466 e. The van der Waals surface area contributed by atoms with Crippen molar-refractivity contribution in [2.45, 2.75) is 46.7 Å². The molecule has 1 aromatic rings. The molecule has 19 heavy (non-hydrogen) atoms. The number of hydrogen-bond acceptors (Lipinski definition) is 3. The molecular formula is C16H25NO2. The van der Waals surface area contributed by atoms with Crippen molar-refractivity contribution in [3.8, 4) is 0 Å². The monoisotopic (exact) mass is 263 g/mol. The molecule has 0 aliphatic rings. The lowest BCUT2D eigenvalue weighted by atomic mass is 10.0. The molecule has 0 saturated heterocycles. The normalized spacial score (nSPS) is 12.5. The second kappa shape index (κ2) is 7.95. The molecule has 0 fully saturated rings. The Bertz CT molecular complexity index is 384. The topological polar surface area (TPSA) is 38.3 Å². The number of aryl methyl sites for hydroxylation is 1. The zero-order valence-electron chi connectivity index (χ0n) is 12.4. The van der Waals surface area contributed by atoms with Crippen LogP contribution in [0.1, 0.15) is 38.3 Å². The van der Waals surface area contributed by atoms with Gasteiger partial charge in [0.25, 0.3) is 0 Å². The van der Waals surface area contributed by atoms with E-state index in [4.69, 9.17) is 4.74 Å². The van der Waals surface area contributed by atoms with Crippen LogP contribution >= 0.6 is 0 Å². The van der Waals surface area contributed by atoms with Gasteiger partial charge in [-0.05, 0) is 25.3 Å². The predicted molar refractivity (Wildman–Crippen MR) is 77.9 cm³/mol. The number of ether oxygens (including phenoxy) is 1. The van der Waals surface area contributed by atoms with Crippen molar-refractivity contribution in [1.29, 1.82) is 0 Å². The van der Waals surface area contributed by atoms with Crippen molar-refractivity contribution in [3.63, 3.8) is 0 Å². The quantitative estimate of drug-likeness (QED) is 0.768. The molecule has 0 saturated carbocycles. The predicted octanol–water partition coefficient (Wildman–Crippen LogP) is 3.06. The van der Waals surface area contributed by atoms with Crippen LogP contribution in [0.25, 0.3) is 0 Å². The summed E-state index contributed by atoms with van der Waals surface area (Å²) in [7, 11) is 0. The number of carbonyl (C=O) groups excluding carboxylic acids is 1. The highest BCUT2D eigenvalue weighted by molar-refractivity contribution is 5.70. The zero-order valence-corrected chi connectivity index (χ0v) is 12.4. The van der Waals surface area contributed by atoms with Crippen molar-refractivity contribution in [1.82, 2.24) is 5.32 Å². The molecule has 0 aromatic heterocycles. The summed E-state index contributed by atoms with van der Waals surface area (Å²) in [5.41, 5.74) is 2.50. The molecule has 1 unspecified atom stereocenters. The average Bonchev–Trinajstić information content (AvgIpc) is 2.36. The van der Waals surface area contributed by atoms with E-state index in [0.717, 1.165) is 6.54 Å². The van der Waals surface area contributed by atoms with Gasteiger partial charge in [0.1, 0.15) is 0 Å². The Labute approximate surface area is 116 Å². The van der Waals surface area contributed by atoms with E-state index in [9.17, 15) is 4.79 Å². The molecule has 106 valence electrons. The summed E-state index contributed by atoms with van der Waals surface area (Å²) < 4.78 is 5.01. The van der Waals surface area contributed by atoms with Crippen LogP contribution in [-0.4, -0.2) is 18.6 Å². The van der Waals surface area contributed by atoms with Crippen LogP contribution in [0.3, 0.4) is 0 Å². The second-order valence-corrected chi connectivity index (χ2v) is 5.23. The Morgan fingerprint density at radius 3 is 2.42 bits per heavy atom. The van der Waals surface area contributed by atoms with Crippen LogP contribution in [0.15, 0.2) is 24.3 Å². The fourth-order valence-electron chi connectivity index (χ4n) is 1.90. The van der Waals surface area contributed by atoms with E-state index in [1.807, 2.05) is 6.92 Å². The van der Waals surface area contributed by atoms with Gasteiger partial charge in [-0.2, -0.15) is 0 Å². The van der Waals surface area contributed by atoms with E-state index in [1.165, 1.54) is 11.1 Å². The van der Waals surface area contributed by atoms with E-state index in [1.54, 1.807) is 0 Å². The molecule has 3 heteroatoms. The number of benzene rings is 1. The number of esters is 1. The first kappa shape index (κ1) is 15.7. The standard InChI is InChI=1S/C16H25NO2/c1-5-19-16(18)10-15(12(2)3)17-11-14-8-6-13(4)7-9-14/h6-9,12,15,17H,5,10-11H2,1-4H3. The summed E-state index contributed by atoms with van der Waals surface area (Å²) >= 11 is 0. The minimum atomic E-state index is -0.127. The Morgan fingerprint density at radius 1 is 1.26 bits per heavy atom. The summed E-state index contributed by atoms with van der Waals surface area (Å²) in [6.45, 7) is 9.37. The molecular weight excluding hydrogens is 238 g/mol. The summed E-state index contributed by atoms with van der Waals surface area (Å²) in [5, 5.41) is 3.44. The Balaban J connectivity index is 2.49. The summed E-state index contributed by atoms with van der Waals surface area (Å²) in [4.78, 5) is 11.6. The van der Waals surface area contributed by atoms with Crippen molar-refractivity contribution in [2.24, 2.45) is 5.92 Å². The highest BCUT2D eigenvalue weighted by atomic mass is 16.5. The van der Waals surface area contributed by atoms with Gasteiger partial charge in [-0.15, -0.1) is 0 Å². The molecule has 0 radical (unpaired) electrons. The summed E-state index contributed by atoms with van der Waals surface area (Å²) in [6.07, 6.45) is 0.428. The highest BCUT2D eigenvalue weighted by Crippen LogP contribution is 2.10. The lowest BCUT2D eigenvalue weighted by Gasteiger charge is -2.21. The molecule has 0 amide bonds. The zero-order chi connectivity index (χ0) is 14.3. The van der Waals surface area contributed by atoms with Gasteiger partial charge < -0.3 is 10.1 Å². The fraction of sp³-hybridized carbons (Fsp3) is 0.562. The number of carbonyl (C=O) groups is 1. The summed E-state index contributed by atoms with van der Waals surface area (Å²) in [5.74, 6) is 0.271. The van der Waals surface area contributed by atoms with Crippen molar-refractivity contribution >= 4 is 5.97 Å². The van der Waals surface area contributed by atoms with E-state index >= 15 is 0 Å². The first-order valence-corrected chi connectivity index (χ1v) is 6.97. The smallest absolute Gasteiger partial charge is 0.307 e. The Morgan fingerprint density at radius 2 is 1.89 bits per heavy atom. The van der Waals surface area contributed by atoms with Gasteiger partial charge in [-0.1, -0.05) is 43.7 Å². The van der Waals surface area contributed by atoms with Crippen molar-refractivity contribution in [2.75, 3.05) is 6.61 Å². The van der Waals surface area contributed by atoms with Gasteiger partial charge in [0.15, 0.2) is 0 Å². The van der Waals surface area contributed by atoms with Gasteiger partial charge >= 0.3 is 5.97 Å². The lowest BCUT2D eigenvalue weighted by molar-refractivity contribution is -0.144. The second-order valence-electron chi connectivity index (χ2n) is 5.23. The molecule has 0 heterocycles. The van der Waals surface area contributed by atoms with E-state index in [-0.39, 0.29) is 12.0 Å². The van der Waals surface area contributed by atoms with E-state index < -0.39 is 0 Å². The Kier molecular flexibility index (Phi) is 6.57. The summed E-state index contributed by atoms with van der Waals surface area (Å²) in [6, 6.07) is 8.59. The van der Waals surface area contributed by atoms with Crippen molar-refractivity contribution < 1.29 is 9.53 Å². The van der Waals surface area contributed by atoms with Crippen molar-refractivity contribution in [3.05, 3.63) is 35.4 Å². The molecule has 0 aliphatic heterocycles. The third-order valence-corrected chi connectivity index (χ3v) is 3.19. The first-order chi connectivity index (χ1) is 9.02. The lowest BCUT2D eigenvalue weighted by Crippen LogP contribution is -2.35.